The second-order valence-corrected chi connectivity index (χ2v) is 7.34. The van der Waals surface area contributed by atoms with Crippen LogP contribution in [0.25, 0.3) is 0 Å². The molecule has 1 aliphatic heterocycles. The highest BCUT2D eigenvalue weighted by molar-refractivity contribution is 5.68. The molecule has 2 atom stereocenters. The zero-order valence-corrected chi connectivity index (χ0v) is 15.0. The summed E-state index contributed by atoms with van der Waals surface area (Å²) in [6, 6.07) is 4.45. The summed E-state index contributed by atoms with van der Waals surface area (Å²) in [6.07, 6.45) is 1.57. The Kier molecular flexibility index (Phi) is 5.12. The van der Waals surface area contributed by atoms with Crippen LogP contribution in [0.2, 0.25) is 0 Å². The molecule has 0 bridgehead atoms. The maximum Gasteiger partial charge on any atom is 0.410 e. The first-order valence-corrected chi connectivity index (χ1v) is 8.20. The highest BCUT2D eigenvalue weighted by atomic mass is 16.6. The van der Waals surface area contributed by atoms with Crippen molar-refractivity contribution in [2.45, 2.75) is 65.1 Å². The van der Waals surface area contributed by atoms with E-state index < -0.39 is 5.60 Å². The first-order valence-electron chi connectivity index (χ1n) is 8.20. The zero-order chi connectivity index (χ0) is 17.2. The van der Waals surface area contributed by atoms with Crippen molar-refractivity contribution in [3.05, 3.63) is 17.8 Å². The van der Waals surface area contributed by atoms with Crippen LogP contribution < -0.4 is 4.90 Å². The van der Waals surface area contributed by atoms with Crippen molar-refractivity contribution < 1.29 is 9.53 Å². The van der Waals surface area contributed by atoms with Gasteiger partial charge in [0.05, 0.1) is 5.69 Å². The Morgan fingerprint density at radius 1 is 1.35 bits per heavy atom. The first-order chi connectivity index (χ1) is 10.7. The Balaban J connectivity index is 1.98. The smallest absolute Gasteiger partial charge is 0.410 e. The first kappa shape index (κ1) is 17.5. The van der Waals surface area contributed by atoms with Crippen LogP contribution >= 0.6 is 0 Å². The van der Waals surface area contributed by atoms with Gasteiger partial charge in [-0.05, 0) is 59.6 Å². The van der Waals surface area contributed by atoms with Crippen molar-refractivity contribution in [3.63, 3.8) is 0 Å². The highest BCUT2D eigenvalue weighted by Gasteiger charge is 2.33. The van der Waals surface area contributed by atoms with Gasteiger partial charge in [0.2, 0.25) is 0 Å². The van der Waals surface area contributed by atoms with Gasteiger partial charge >= 0.3 is 6.09 Å². The summed E-state index contributed by atoms with van der Waals surface area (Å²) in [5, 5.41) is 8.37. The number of anilines is 1. The van der Waals surface area contributed by atoms with E-state index in [-0.39, 0.29) is 12.1 Å². The number of amides is 1. The molecule has 23 heavy (non-hydrogen) atoms. The van der Waals surface area contributed by atoms with Crippen LogP contribution in [0.3, 0.4) is 0 Å². The lowest BCUT2D eigenvalue weighted by molar-refractivity contribution is 0.0104. The Morgan fingerprint density at radius 2 is 2.04 bits per heavy atom. The lowest BCUT2D eigenvalue weighted by Gasteiger charge is -2.41. The molecule has 1 saturated heterocycles. The second-order valence-electron chi connectivity index (χ2n) is 7.34. The third-order valence-corrected chi connectivity index (χ3v) is 4.17. The van der Waals surface area contributed by atoms with Crippen molar-refractivity contribution in [1.82, 2.24) is 15.1 Å². The van der Waals surface area contributed by atoms with E-state index >= 15 is 0 Å². The zero-order valence-electron chi connectivity index (χ0n) is 15.0. The predicted molar refractivity (Wildman–Crippen MR) is 90.6 cm³/mol. The van der Waals surface area contributed by atoms with Gasteiger partial charge in [-0.15, -0.1) is 5.10 Å². The summed E-state index contributed by atoms with van der Waals surface area (Å²) in [5.41, 5.74) is 0.456. The summed E-state index contributed by atoms with van der Waals surface area (Å²) in [7, 11) is 2.04. The monoisotopic (exact) mass is 320 g/mol. The van der Waals surface area contributed by atoms with E-state index in [0.717, 1.165) is 24.4 Å². The fraction of sp³-hybridized carbons (Fsp3) is 0.706. The van der Waals surface area contributed by atoms with Crippen molar-refractivity contribution in [1.29, 1.82) is 0 Å². The van der Waals surface area contributed by atoms with Crippen LogP contribution in [-0.2, 0) is 4.74 Å². The summed E-state index contributed by atoms with van der Waals surface area (Å²) in [6.45, 7) is 10.4. The third kappa shape index (κ3) is 4.56. The van der Waals surface area contributed by atoms with Crippen LogP contribution in [0.1, 0.15) is 46.2 Å². The van der Waals surface area contributed by atoms with Crippen molar-refractivity contribution in [2.75, 3.05) is 18.5 Å². The molecule has 2 rings (SSSR count). The van der Waals surface area contributed by atoms with Gasteiger partial charge in [-0.3, -0.25) is 0 Å². The number of carbonyl (C=O) groups excluding carboxylic acids is 1. The quantitative estimate of drug-likeness (QED) is 0.838. The molecule has 0 aromatic carbocycles. The standard InChI is InChI=1S/C17H28N4O2/c1-12-7-8-15(19-18-12)20(6)14-9-10-21(13(2)11-14)16(22)23-17(3,4)5/h7-8,13-14H,9-11H2,1-6H3/t13-,14-/m0/s1. The maximum absolute atomic E-state index is 12.3. The van der Waals surface area contributed by atoms with Crippen molar-refractivity contribution in [3.8, 4) is 0 Å². The van der Waals surface area contributed by atoms with Gasteiger partial charge in [0.25, 0.3) is 0 Å². The SMILES string of the molecule is Cc1ccc(N(C)[C@H]2CCN(C(=O)OC(C)(C)C)[C@@H](C)C2)nn1. The number of hydrogen-bond acceptors (Lipinski definition) is 5. The van der Waals surface area contributed by atoms with E-state index in [1.54, 1.807) is 0 Å². The molecule has 0 saturated carbocycles. The number of aryl methyl sites for hydroxylation is 1. The molecule has 1 aromatic rings. The van der Waals surface area contributed by atoms with E-state index in [9.17, 15) is 4.79 Å². The molecular formula is C17H28N4O2. The third-order valence-electron chi connectivity index (χ3n) is 4.17. The number of carbonyl (C=O) groups is 1. The lowest BCUT2D eigenvalue weighted by atomic mass is 9.97. The molecule has 0 unspecified atom stereocenters. The largest absolute Gasteiger partial charge is 0.444 e. The molecule has 1 aliphatic rings. The minimum absolute atomic E-state index is 0.143. The van der Waals surface area contributed by atoms with Gasteiger partial charge in [-0.25, -0.2) is 4.79 Å². The van der Waals surface area contributed by atoms with Crippen LogP contribution in [0.15, 0.2) is 12.1 Å². The molecule has 6 heteroatoms. The van der Waals surface area contributed by atoms with Crippen LogP contribution in [0, 0.1) is 6.92 Å². The lowest BCUT2D eigenvalue weighted by Crippen LogP contribution is -2.51. The second kappa shape index (κ2) is 6.72. The Hall–Kier alpha value is -1.85. The number of rotatable bonds is 2. The number of aromatic nitrogens is 2. The fourth-order valence-electron chi connectivity index (χ4n) is 2.86. The molecule has 0 spiro atoms. The molecule has 1 fully saturated rings. The summed E-state index contributed by atoms with van der Waals surface area (Å²) >= 11 is 0. The Morgan fingerprint density at radius 3 is 2.57 bits per heavy atom. The van der Waals surface area contributed by atoms with Gasteiger partial charge in [0.1, 0.15) is 5.60 Å². The fourth-order valence-corrected chi connectivity index (χ4v) is 2.86. The van der Waals surface area contributed by atoms with Crippen LogP contribution in [0.5, 0.6) is 0 Å². The highest BCUT2D eigenvalue weighted by Crippen LogP contribution is 2.25. The molecule has 0 aliphatic carbocycles. The van der Waals surface area contributed by atoms with Gasteiger partial charge < -0.3 is 14.5 Å². The van der Waals surface area contributed by atoms with E-state index in [2.05, 4.69) is 22.0 Å². The summed E-state index contributed by atoms with van der Waals surface area (Å²) < 4.78 is 5.49. The van der Waals surface area contributed by atoms with E-state index in [0.29, 0.717) is 12.6 Å². The van der Waals surface area contributed by atoms with Gasteiger partial charge in [-0.2, -0.15) is 5.10 Å². The topological polar surface area (TPSA) is 58.6 Å². The van der Waals surface area contributed by atoms with Gasteiger partial charge in [-0.1, -0.05) is 0 Å². The van der Waals surface area contributed by atoms with Gasteiger partial charge in [0.15, 0.2) is 5.82 Å². The Labute approximate surface area is 138 Å². The molecule has 0 N–H and O–H groups in total. The Bertz CT molecular complexity index is 539. The number of likely N-dealkylation sites (tertiary alicyclic amines) is 1. The van der Waals surface area contributed by atoms with Crippen LogP contribution in [-0.4, -0.2) is 52.5 Å². The number of nitrogens with zero attached hydrogens (tertiary/aromatic N) is 4. The van der Waals surface area contributed by atoms with Gasteiger partial charge in [0, 0.05) is 25.7 Å². The van der Waals surface area contributed by atoms with Crippen molar-refractivity contribution in [2.24, 2.45) is 0 Å². The molecule has 1 amide bonds. The van der Waals surface area contributed by atoms with E-state index in [4.69, 9.17) is 4.74 Å². The molecule has 2 heterocycles. The summed E-state index contributed by atoms with van der Waals surface area (Å²) in [5.74, 6) is 0.874. The molecule has 0 radical (unpaired) electrons. The number of piperidine rings is 1. The van der Waals surface area contributed by atoms with Crippen LogP contribution in [0.4, 0.5) is 10.6 Å². The number of hydrogen-bond donors (Lipinski definition) is 0. The predicted octanol–water partition coefficient (Wildman–Crippen LogP) is 3.01. The van der Waals surface area contributed by atoms with E-state index in [1.165, 1.54) is 0 Å². The molecule has 1 aromatic heterocycles. The maximum atomic E-state index is 12.3. The average Bonchev–Trinajstić information content (AvgIpc) is 2.45. The normalized spacial score (nSPS) is 21.9. The van der Waals surface area contributed by atoms with E-state index in [1.807, 2.05) is 51.8 Å². The minimum atomic E-state index is -0.456. The van der Waals surface area contributed by atoms with Crippen molar-refractivity contribution >= 4 is 11.9 Å². The minimum Gasteiger partial charge on any atom is -0.444 e. The number of ether oxygens (including phenoxy) is 1. The average molecular weight is 320 g/mol. The molecule has 128 valence electrons. The molecule has 6 nitrogen and oxygen atoms in total. The summed E-state index contributed by atoms with van der Waals surface area (Å²) in [4.78, 5) is 16.3. The molecular weight excluding hydrogens is 292 g/mol.